The molecule has 3 aromatic rings. The lowest BCUT2D eigenvalue weighted by Gasteiger charge is -2.40. The van der Waals surface area contributed by atoms with Gasteiger partial charge in [0.15, 0.2) is 26.8 Å². The zero-order chi connectivity index (χ0) is 24.7. The van der Waals surface area contributed by atoms with Crippen LogP contribution in [0.2, 0.25) is 0 Å². The highest BCUT2D eigenvalue weighted by Crippen LogP contribution is 2.40. The standard InChI is InChI=1S/C22H26F3N5O3S/c1-21(2,34(32,33)17-5-3-4-16(12-17)22(23,24)25)15-6-8-29(9-7-15)19-18-20(27-13-26-19)30(10-11-31)14-28-18/h3-5,12-15,31H,6-11H2,1-2H3. The van der Waals surface area contributed by atoms with E-state index >= 15 is 0 Å². The van der Waals surface area contributed by atoms with Crippen LogP contribution in [-0.2, 0) is 22.6 Å². The lowest BCUT2D eigenvalue weighted by atomic mass is 9.86. The number of benzene rings is 1. The van der Waals surface area contributed by atoms with Crippen LogP contribution in [0.1, 0.15) is 32.3 Å². The Balaban J connectivity index is 1.54. The second-order valence-electron chi connectivity index (χ2n) is 8.92. The van der Waals surface area contributed by atoms with Crippen molar-refractivity contribution in [2.45, 2.75) is 49.1 Å². The third kappa shape index (κ3) is 4.24. The highest BCUT2D eigenvalue weighted by atomic mass is 32.2. The zero-order valence-electron chi connectivity index (χ0n) is 18.8. The molecule has 1 fully saturated rings. The van der Waals surface area contributed by atoms with Crippen molar-refractivity contribution in [2.75, 3.05) is 24.6 Å². The first-order valence-electron chi connectivity index (χ1n) is 10.9. The second kappa shape index (κ2) is 8.81. The quantitative estimate of drug-likeness (QED) is 0.558. The first-order valence-corrected chi connectivity index (χ1v) is 12.4. The van der Waals surface area contributed by atoms with Gasteiger partial charge in [-0.15, -0.1) is 0 Å². The summed E-state index contributed by atoms with van der Waals surface area (Å²) < 4.78 is 66.7. The topological polar surface area (TPSA) is 101 Å². The minimum atomic E-state index is -4.62. The van der Waals surface area contributed by atoms with Crippen LogP contribution in [-0.4, -0.2) is 57.5 Å². The van der Waals surface area contributed by atoms with Crippen LogP contribution in [0.3, 0.4) is 0 Å². The number of sulfone groups is 1. The van der Waals surface area contributed by atoms with E-state index in [1.807, 2.05) is 4.90 Å². The van der Waals surface area contributed by atoms with Gasteiger partial charge in [0, 0.05) is 19.6 Å². The Hall–Kier alpha value is -2.73. The number of piperidine rings is 1. The van der Waals surface area contributed by atoms with Crippen LogP contribution in [0, 0.1) is 5.92 Å². The average Bonchev–Trinajstić information content (AvgIpc) is 3.22. The van der Waals surface area contributed by atoms with E-state index in [0.717, 1.165) is 12.1 Å². The molecule has 8 nitrogen and oxygen atoms in total. The van der Waals surface area contributed by atoms with Gasteiger partial charge in [0.2, 0.25) is 0 Å². The summed E-state index contributed by atoms with van der Waals surface area (Å²) in [6.45, 7) is 4.52. The highest BCUT2D eigenvalue weighted by molar-refractivity contribution is 7.92. The van der Waals surface area contributed by atoms with Crippen molar-refractivity contribution in [2.24, 2.45) is 5.92 Å². The summed E-state index contributed by atoms with van der Waals surface area (Å²) in [7, 11) is -4.02. The summed E-state index contributed by atoms with van der Waals surface area (Å²) in [5.74, 6) is 0.381. The summed E-state index contributed by atoms with van der Waals surface area (Å²) in [6, 6.07) is 3.94. The molecule has 1 aliphatic rings. The number of hydrogen-bond donors (Lipinski definition) is 1. The Labute approximate surface area is 195 Å². The number of aliphatic hydroxyl groups is 1. The van der Waals surface area contributed by atoms with Gasteiger partial charge in [0.05, 0.1) is 28.1 Å². The molecule has 0 spiro atoms. The van der Waals surface area contributed by atoms with E-state index in [-0.39, 0.29) is 17.4 Å². The van der Waals surface area contributed by atoms with E-state index in [1.165, 1.54) is 12.4 Å². The maximum Gasteiger partial charge on any atom is 0.416 e. The van der Waals surface area contributed by atoms with E-state index in [1.54, 1.807) is 24.7 Å². The monoisotopic (exact) mass is 497 g/mol. The van der Waals surface area contributed by atoms with Gasteiger partial charge < -0.3 is 14.6 Å². The molecule has 184 valence electrons. The molecule has 0 amide bonds. The molecule has 3 heterocycles. The van der Waals surface area contributed by atoms with Gasteiger partial charge in [-0.2, -0.15) is 13.2 Å². The van der Waals surface area contributed by atoms with Crippen molar-refractivity contribution in [3.63, 3.8) is 0 Å². The van der Waals surface area contributed by atoms with Crippen molar-refractivity contribution in [3.8, 4) is 0 Å². The predicted molar refractivity (Wildman–Crippen MR) is 120 cm³/mol. The molecular weight excluding hydrogens is 471 g/mol. The number of imidazole rings is 1. The summed E-state index contributed by atoms with van der Waals surface area (Å²) in [4.78, 5) is 14.7. The normalized spacial score (nSPS) is 16.4. The lowest BCUT2D eigenvalue weighted by molar-refractivity contribution is -0.137. The summed E-state index contributed by atoms with van der Waals surface area (Å²) in [5, 5.41) is 9.22. The number of nitrogens with zero attached hydrogens (tertiary/aromatic N) is 5. The Morgan fingerprint density at radius 2 is 1.82 bits per heavy atom. The van der Waals surface area contributed by atoms with Crippen molar-refractivity contribution in [1.29, 1.82) is 0 Å². The highest BCUT2D eigenvalue weighted by Gasteiger charge is 2.44. The maximum atomic E-state index is 13.4. The molecule has 1 saturated heterocycles. The van der Waals surface area contributed by atoms with Crippen LogP contribution < -0.4 is 4.90 Å². The number of aromatic nitrogens is 4. The molecule has 0 bridgehead atoms. The van der Waals surface area contributed by atoms with Crippen LogP contribution in [0.25, 0.3) is 11.2 Å². The predicted octanol–water partition coefficient (Wildman–Crippen LogP) is 3.31. The smallest absolute Gasteiger partial charge is 0.395 e. The van der Waals surface area contributed by atoms with Gasteiger partial charge in [0.1, 0.15) is 6.33 Å². The molecule has 2 aromatic heterocycles. The van der Waals surface area contributed by atoms with E-state index < -0.39 is 26.3 Å². The third-order valence-corrected chi connectivity index (χ3v) is 9.26. The maximum absolute atomic E-state index is 13.4. The van der Waals surface area contributed by atoms with Crippen LogP contribution in [0.5, 0.6) is 0 Å². The van der Waals surface area contributed by atoms with Gasteiger partial charge in [-0.3, -0.25) is 0 Å². The minimum Gasteiger partial charge on any atom is -0.395 e. The molecule has 0 aliphatic carbocycles. The molecule has 1 aliphatic heterocycles. The largest absolute Gasteiger partial charge is 0.416 e. The first kappa shape index (κ1) is 24.4. The summed E-state index contributed by atoms with van der Waals surface area (Å²) in [6.07, 6.45) is -0.548. The van der Waals surface area contributed by atoms with Crippen molar-refractivity contribution >= 4 is 26.8 Å². The Kier molecular flexibility index (Phi) is 6.32. The van der Waals surface area contributed by atoms with Crippen molar-refractivity contribution < 1.29 is 26.7 Å². The van der Waals surface area contributed by atoms with Gasteiger partial charge in [-0.25, -0.2) is 23.4 Å². The fraction of sp³-hybridized carbons (Fsp3) is 0.500. The molecule has 4 rings (SSSR count). The van der Waals surface area contributed by atoms with E-state index in [2.05, 4.69) is 15.0 Å². The number of aliphatic hydroxyl groups excluding tert-OH is 1. The van der Waals surface area contributed by atoms with Gasteiger partial charge in [-0.05, 0) is 50.8 Å². The molecule has 0 atom stereocenters. The van der Waals surface area contributed by atoms with Gasteiger partial charge in [-0.1, -0.05) is 6.07 Å². The van der Waals surface area contributed by atoms with Crippen molar-refractivity contribution in [1.82, 2.24) is 19.5 Å². The minimum absolute atomic E-state index is 0.0500. The van der Waals surface area contributed by atoms with Crippen LogP contribution in [0.15, 0.2) is 41.8 Å². The first-order chi connectivity index (χ1) is 16.0. The Bertz CT molecular complexity index is 1280. The number of fused-ring (bicyclic) bond motifs is 1. The number of halogens is 3. The fourth-order valence-corrected chi connectivity index (χ4v) is 6.34. The molecule has 12 heteroatoms. The lowest BCUT2D eigenvalue weighted by Crippen LogP contribution is -2.46. The SMILES string of the molecule is CC(C)(C1CCN(c2ncnc3c2ncn3CCO)CC1)S(=O)(=O)c1cccc(C(F)(F)F)c1. The third-order valence-electron chi connectivity index (χ3n) is 6.66. The molecule has 0 unspecified atom stereocenters. The summed E-state index contributed by atoms with van der Waals surface area (Å²) in [5.41, 5.74) is 0.228. The van der Waals surface area contributed by atoms with E-state index in [4.69, 9.17) is 0 Å². The van der Waals surface area contributed by atoms with Gasteiger partial charge in [0.25, 0.3) is 0 Å². The van der Waals surface area contributed by atoms with Crippen LogP contribution >= 0.6 is 0 Å². The summed E-state index contributed by atoms with van der Waals surface area (Å²) >= 11 is 0. The average molecular weight is 498 g/mol. The van der Waals surface area contributed by atoms with E-state index in [9.17, 15) is 26.7 Å². The van der Waals surface area contributed by atoms with E-state index in [0.29, 0.717) is 55.5 Å². The zero-order valence-corrected chi connectivity index (χ0v) is 19.6. The molecule has 0 saturated carbocycles. The molecule has 1 N–H and O–H groups in total. The molecule has 1 aromatic carbocycles. The number of rotatable bonds is 6. The fourth-order valence-electron chi connectivity index (χ4n) is 4.52. The Morgan fingerprint density at radius 3 is 2.47 bits per heavy atom. The van der Waals surface area contributed by atoms with Crippen LogP contribution in [0.4, 0.5) is 19.0 Å². The molecule has 34 heavy (non-hydrogen) atoms. The molecular formula is C22H26F3N5O3S. The number of alkyl halides is 3. The van der Waals surface area contributed by atoms with Gasteiger partial charge >= 0.3 is 6.18 Å². The molecule has 0 radical (unpaired) electrons. The number of hydrogen-bond acceptors (Lipinski definition) is 7. The second-order valence-corrected chi connectivity index (χ2v) is 11.5. The number of anilines is 1. The van der Waals surface area contributed by atoms with Crippen molar-refractivity contribution in [3.05, 3.63) is 42.5 Å². The Morgan fingerprint density at radius 1 is 1.12 bits per heavy atom.